The summed E-state index contributed by atoms with van der Waals surface area (Å²) < 4.78 is 5.08. The number of hydrogen-bond donors (Lipinski definition) is 1. The summed E-state index contributed by atoms with van der Waals surface area (Å²) in [7, 11) is 1.66. The highest BCUT2D eigenvalue weighted by Crippen LogP contribution is 2.24. The molecule has 1 aromatic rings. The second-order valence-corrected chi connectivity index (χ2v) is 3.58. The van der Waals surface area contributed by atoms with Gasteiger partial charge in [-0.25, -0.2) is 0 Å². The number of nitrogens with one attached hydrogen (secondary N) is 1. The molecular formula is C10H11ClN2O. The normalized spacial score (nSPS) is 20.1. The predicted octanol–water partition coefficient (Wildman–Crippen LogP) is 2.28. The van der Waals surface area contributed by atoms with Crippen molar-refractivity contribution >= 4 is 16.8 Å². The van der Waals surface area contributed by atoms with Gasteiger partial charge in [0.25, 0.3) is 0 Å². The van der Waals surface area contributed by atoms with E-state index in [0.717, 1.165) is 12.2 Å². The van der Waals surface area contributed by atoms with Crippen LogP contribution in [-0.2, 0) is 0 Å². The summed E-state index contributed by atoms with van der Waals surface area (Å²) in [5, 5.41) is 4.57. The summed E-state index contributed by atoms with van der Waals surface area (Å²) in [6.45, 7) is 0. The van der Waals surface area contributed by atoms with Crippen LogP contribution in [0.25, 0.3) is 0 Å². The van der Waals surface area contributed by atoms with E-state index in [0.29, 0.717) is 5.17 Å². The van der Waals surface area contributed by atoms with Gasteiger partial charge in [-0.05, 0) is 17.7 Å². The third-order valence-electron chi connectivity index (χ3n) is 2.23. The van der Waals surface area contributed by atoms with Crippen LogP contribution in [0.1, 0.15) is 18.0 Å². The zero-order valence-corrected chi connectivity index (χ0v) is 8.58. The zero-order valence-electron chi connectivity index (χ0n) is 7.83. The van der Waals surface area contributed by atoms with Crippen LogP contribution in [0.3, 0.4) is 0 Å². The molecule has 1 aliphatic heterocycles. The Kier molecular flexibility index (Phi) is 2.59. The summed E-state index contributed by atoms with van der Waals surface area (Å²) in [6, 6.07) is 8.10. The molecule has 0 aromatic heterocycles. The number of hydrogen-bond acceptors (Lipinski definition) is 3. The first-order chi connectivity index (χ1) is 6.79. The van der Waals surface area contributed by atoms with Gasteiger partial charge >= 0.3 is 0 Å². The first-order valence-electron chi connectivity index (χ1n) is 4.41. The molecule has 1 heterocycles. The predicted molar refractivity (Wildman–Crippen MR) is 56.8 cm³/mol. The third-order valence-corrected chi connectivity index (χ3v) is 2.47. The van der Waals surface area contributed by atoms with Gasteiger partial charge in [-0.1, -0.05) is 23.7 Å². The van der Waals surface area contributed by atoms with Crippen molar-refractivity contribution in [1.29, 1.82) is 0 Å². The number of ether oxygens (including phenoxy) is 1. The Bertz CT molecular complexity index is 348. The zero-order chi connectivity index (χ0) is 9.97. The van der Waals surface area contributed by atoms with Crippen LogP contribution < -0.4 is 10.2 Å². The maximum absolute atomic E-state index is 5.78. The van der Waals surface area contributed by atoms with E-state index in [9.17, 15) is 0 Å². The standard InChI is InChI=1S/C10H11ClN2O/c1-14-8-4-2-7(3-5-8)9-6-10(11)13-12-9/h2-5,9,12H,6H2,1H3. The number of hydrazone groups is 1. The van der Waals surface area contributed by atoms with E-state index < -0.39 is 0 Å². The largest absolute Gasteiger partial charge is 0.497 e. The molecule has 0 bridgehead atoms. The maximum atomic E-state index is 5.78. The van der Waals surface area contributed by atoms with Crippen molar-refractivity contribution in [1.82, 2.24) is 5.43 Å². The molecule has 74 valence electrons. The van der Waals surface area contributed by atoms with Crippen LogP contribution >= 0.6 is 11.6 Å². The Morgan fingerprint density at radius 1 is 1.43 bits per heavy atom. The minimum absolute atomic E-state index is 0.202. The van der Waals surface area contributed by atoms with E-state index >= 15 is 0 Å². The molecule has 1 aromatic carbocycles. The molecule has 1 N–H and O–H groups in total. The summed E-state index contributed by atoms with van der Waals surface area (Å²) in [6.07, 6.45) is 0.758. The van der Waals surface area contributed by atoms with Crippen LogP contribution in [-0.4, -0.2) is 12.3 Å². The lowest BCUT2D eigenvalue weighted by atomic mass is 10.1. The molecule has 4 heteroatoms. The number of rotatable bonds is 2. The van der Waals surface area contributed by atoms with Crippen molar-refractivity contribution in [2.24, 2.45) is 5.10 Å². The molecule has 0 amide bonds. The van der Waals surface area contributed by atoms with Crippen molar-refractivity contribution in [2.75, 3.05) is 7.11 Å². The highest BCUT2D eigenvalue weighted by atomic mass is 35.5. The Balaban J connectivity index is 2.11. The molecule has 0 saturated heterocycles. The molecule has 0 saturated carbocycles. The molecule has 1 aliphatic rings. The number of methoxy groups -OCH3 is 1. The lowest BCUT2D eigenvalue weighted by Gasteiger charge is -2.09. The lowest BCUT2D eigenvalue weighted by Crippen LogP contribution is -2.09. The molecule has 0 aliphatic carbocycles. The third kappa shape index (κ3) is 1.82. The van der Waals surface area contributed by atoms with Crippen molar-refractivity contribution in [3.8, 4) is 5.75 Å². The molecule has 0 radical (unpaired) electrons. The highest BCUT2D eigenvalue weighted by molar-refractivity contribution is 6.65. The molecular weight excluding hydrogens is 200 g/mol. The van der Waals surface area contributed by atoms with Crippen LogP contribution in [0.15, 0.2) is 29.4 Å². The van der Waals surface area contributed by atoms with E-state index in [4.69, 9.17) is 16.3 Å². The molecule has 3 nitrogen and oxygen atoms in total. The van der Waals surface area contributed by atoms with E-state index in [-0.39, 0.29) is 6.04 Å². The lowest BCUT2D eigenvalue weighted by molar-refractivity contribution is 0.414. The molecule has 0 fully saturated rings. The molecule has 1 atom stereocenters. The first kappa shape index (κ1) is 9.34. The van der Waals surface area contributed by atoms with E-state index in [1.807, 2.05) is 24.3 Å². The van der Waals surface area contributed by atoms with E-state index in [1.165, 1.54) is 5.56 Å². The number of nitrogens with zero attached hydrogens (tertiary/aromatic N) is 1. The molecule has 0 spiro atoms. The Hall–Kier alpha value is -1.22. The SMILES string of the molecule is COc1ccc(C2CC(Cl)=NN2)cc1. The van der Waals surface area contributed by atoms with Gasteiger partial charge in [0.1, 0.15) is 10.9 Å². The van der Waals surface area contributed by atoms with Crippen molar-refractivity contribution < 1.29 is 4.74 Å². The minimum Gasteiger partial charge on any atom is -0.497 e. The number of benzene rings is 1. The average molecular weight is 211 g/mol. The topological polar surface area (TPSA) is 33.6 Å². The molecule has 14 heavy (non-hydrogen) atoms. The fourth-order valence-electron chi connectivity index (χ4n) is 1.44. The van der Waals surface area contributed by atoms with Crippen molar-refractivity contribution in [2.45, 2.75) is 12.5 Å². The summed E-state index contributed by atoms with van der Waals surface area (Å²) >= 11 is 5.78. The fourth-order valence-corrected chi connectivity index (χ4v) is 1.64. The summed E-state index contributed by atoms with van der Waals surface area (Å²) in [4.78, 5) is 0. The Morgan fingerprint density at radius 2 is 2.14 bits per heavy atom. The van der Waals surface area contributed by atoms with Crippen molar-refractivity contribution in [3.05, 3.63) is 29.8 Å². The average Bonchev–Trinajstić information content (AvgIpc) is 2.65. The van der Waals surface area contributed by atoms with Crippen LogP contribution in [0.4, 0.5) is 0 Å². The Morgan fingerprint density at radius 3 is 2.64 bits per heavy atom. The highest BCUT2D eigenvalue weighted by Gasteiger charge is 2.18. The van der Waals surface area contributed by atoms with E-state index in [1.54, 1.807) is 7.11 Å². The van der Waals surface area contributed by atoms with Gasteiger partial charge in [-0.3, -0.25) is 0 Å². The number of halogens is 1. The fraction of sp³-hybridized carbons (Fsp3) is 0.300. The maximum Gasteiger partial charge on any atom is 0.128 e. The van der Waals surface area contributed by atoms with Crippen molar-refractivity contribution in [3.63, 3.8) is 0 Å². The second kappa shape index (κ2) is 3.88. The quantitative estimate of drug-likeness (QED) is 0.813. The van der Waals surface area contributed by atoms with Gasteiger partial charge in [-0.2, -0.15) is 5.10 Å². The van der Waals surface area contributed by atoms with E-state index in [2.05, 4.69) is 10.5 Å². The second-order valence-electron chi connectivity index (χ2n) is 3.15. The van der Waals surface area contributed by atoms with Gasteiger partial charge < -0.3 is 10.2 Å². The summed E-state index contributed by atoms with van der Waals surface area (Å²) in [5.41, 5.74) is 4.15. The van der Waals surface area contributed by atoms with Crippen LogP contribution in [0.5, 0.6) is 5.75 Å². The molecule has 2 rings (SSSR count). The van der Waals surface area contributed by atoms with Gasteiger partial charge in [0.05, 0.1) is 13.2 Å². The Labute approximate surface area is 87.7 Å². The van der Waals surface area contributed by atoms with Gasteiger partial charge in [0, 0.05) is 6.42 Å². The van der Waals surface area contributed by atoms with Gasteiger partial charge in [0.2, 0.25) is 0 Å². The minimum atomic E-state index is 0.202. The van der Waals surface area contributed by atoms with Gasteiger partial charge in [0.15, 0.2) is 0 Å². The molecule has 1 unspecified atom stereocenters. The smallest absolute Gasteiger partial charge is 0.128 e. The first-order valence-corrected chi connectivity index (χ1v) is 4.79. The van der Waals surface area contributed by atoms with Gasteiger partial charge in [-0.15, -0.1) is 0 Å². The van der Waals surface area contributed by atoms with Crippen LogP contribution in [0.2, 0.25) is 0 Å². The summed E-state index contributed by atoms with van der Waals surface area (Å²) in [5.74, 6) is 0.860. The monoisotopic (exact) mass is 210 g/mol. The van der Waals surface area contributed by atoms with Crippen LogP contribution in [0, 0.1) is 0 Å².